The van der Waals surface area contributed by atoms with Crippen molar-refractivity contribution in [2.45, 2.75) is 6.54 Å². The Bertz CT molecular complexity index is 1270. The van der Waals surface area contributed by atoms with Gasteiger partial charge in [0.05, 0.1) is 25.3 Å². The van der Waals surface area contributed by atoms with Crippen molar-refractivity contribution in [3.63, 3.8) is 0 Å². The van der Waals surface area contributed by atoms with Crippen molar-refractivity contribution in [3.8, 4) is 11.5 Å². The number of H-pyrrole nitrogens is 1. The van der Waals surface area contributed by atoms with E-state index in [1.807, 2.05) is 6.07 Å². The second-order valence-electron chi connectivity index (χ2n) is 8.52. The molecule has 0 aliphatic carbocycles. The van der Waals surface area contributed by atoms with Crippen molar-refractivity contribution in [3.05, 3.63) is 63.4 Å². The first-order valence-corrected chi connectivity index (χ1v) is 12.0. The third kappa shape index (κ3) is 5.70. The molecule has 2 N–H and O–H groups in total. The van der Waals surface area contributed by atoms with Crippen LogP contribution < -0.4 is 20.3 Å². The third-order valence-electron chi connectivity index (χ3n) is 6.10. The predicted molar refractivity (Wildman–Crippen MR) is 134 cm³/mol. The molecule has 1 saturated heterocycles. The normalized spacial score (nSPS) is 15.7. The largest absolute Gasteiger partial charge is 0.486 e. The van der Waals surface area contributed by atoms with Crippen LogP contribution in [-0.4, -0.2) is 73.4 Å². The molecule has 2 aliphatic heterocycles. The number of rotatable bonds is 6. The van der Waals surface area contributed by atoms with Gasteiger partial charge < -0.3 is 29.4 Å². The summed E-state index contributed by atoms with van der Waals surface area (Å²) >= 11 is 6.08. The van der Waals surface area contributed by atoms with Crippen LogP contribution in [0.15, 0.2) is 47.3 Å². The molecular weight excluding hydrogens is 472 g/mol. The lowest BCUT2D eigenvalue weighted by atomic mass is 10.1. The van der Waals surface area contributed by atoms with Crippen LogP contribution in [0.4, 0.5) is 10.5 Å². The van der Waals surface area contributed by atoms with Gasteiger partial charge in [0, 0.05) is 53.9 Å². The van der Waals surface area contributed by atoms with Crippen LogP contribution in [0.2, 0.25) is 5.02 Å². The SMILES string of the molecule is O=C(Nc1cccc(Cl)c1)N(CCN1CCOCC1)Cc1cc2cc3c(cc2[nH]c1=O)OCCO3. The van der Waals surface area contributed by atoms with Crippen molar-refractivity contribution in [2.75, 3.05) is 57.9 Å². The number of urea groups is 1. The van der Waals surface area contributed by atoms with Gasteiger partial charge in [-0.3, -0.25) is 9.69 Å². The highest BCUT2D eigenvalue weighted by atomic mass is 35.5. The number of aromatic amines is 1. The Morgan fingerprint density at radius 2 is 1.83 bits per heavy atom. The van der Waals surface area contributed by atoms with E-state index in [-0.39, 0.29) is 18.1 Å². The summed E-state index contributed by atoms with van der Waals surface area (Å²) in [5.41, 5.74) is 1.49. The number of morpholine rings is 1. The Hall–Kier alpha value is -3.27. The van der Waals surface area contributed by atoms with Crippen molar-refractivity contribution < 1.29 is 19.0 Å². The first-order chi connectivity index (χ1) is 17.0. The van der Waals surface area contributed by atoms with E-state index in [9.17, 15) is 9.59 Å². The van der Waals surface area contributed by atoms with Crippen molar-refractivity contribution in [1.29, 1.82) is 0 Å². The van der Waals surface area contributed by atoms with E-state index >= 15 is 0 Å². The maximum absolute atomic E-state index is 13.2. The van der Waals surface area contributed by atoms with Gasteiger partial charge in [-0.1, -0.05) is 17.7 Å². The molecule has 1 aromatic heterocycles. The monoisotopic (exact) mass is 498 g/mol. The van der Waals surface area contributed by atoms with Gasteiger partial charge in [0.1, 0.15) is 13.2 Å². The van der Waals surface area contributed by atoms with Crippen LogP contribution in [0, 0.1) is 0 Å². The second-order valence-corrected chi connectivity index (χ2v) is 8.96. The first kappa shape index (κ1) is 23.5. The molecule has 0 radical (unpaired) electrons. The zero-order valence-electron chi connectivity index (χ0n) is 19.2. The number of pyridine rings is 1. The summed E-state index contributed by atoms with van der Waals surface area (Å²) in [6, 6.07) is 12.1. The lowest BCUT2D eigenvalue weighted by Crippen LogP contribution is -2.44. The number of nitrogens with zero attached hydrogens (tertiary/aromatic N) is 2. The highest BCUT2D eigenvalue weighted by molar-refractivity contribution is 6.30. The average Bonchev–Trinajstić information content (AvgIpc) is 2.86. The highest BCUT2D eigenvalue weighted by Crippen LogP contribution is 2.33. The van der Waals surface area contributed by atoms with E-state index < -0.39 is 0 Å². The molecule has 9 nitrogen and oxygen atoms in total. The quantitative estimate of drug-likeness (QED) is 0.541. The number of aromatic nitrogens is 1. The molecule has 0 unspecified atom stereocenters. The molecular formula is C25H27ClN4O5. The van der Waals surface area contributed by atoms with Gasteiger partial charge >= 0.3 is 6.03 Å². The molecule has 35 heavy (non-hydrogen) atoms. The third-order valence-corrected chi connectivity index (χ3v) is 6.33. The van der Waals surface area contributed by atoms with Crippen LogP contribution in [0.1, 0.15) is 5.56 Å². The van der Waals surface area contributed by atoms with E-state index in [1.54, 1.807) is 41.3 Å². The van der Waals surface area contributed by atoms with Crippen molar-refractivity contribution in [1.82, 2.24) is 14.8 Å². The Kier molecular flexibility index (Phi) is 7.08. The molecule has 0 saturated carbocycles. The van der Waals surface area contributed by atoms with Gasteiger partial charge in [0.2, 0.25) is 0 Å². The number of anilines is 1. The Morgan fingerprint density at radius 3 is 2.60 bits per heavy atom. The molecule has 0 bridgehead atoms. The number of nitrogens with one attached hydrogen (secondary N) is 2. The number of ether oxygens (including phenoxy) is 3. The summed E-state index contributed by atoms with van der Waals surface area (Å²) in [5, 5.41) is 4.24. The van der Waals surface area contributed by atoms with Gasteiger partial charge in [0.25, 0.3) is 5.56 Å². The lowest BCUT2D eigenvalue weighted by molar-refractivity contribution is 0.0349. The fraction of sp³-hybridized carbons (Fsp3) is 0.360. The molecule has 0 atom stereocenters. The molecule has 3 aromatic rings. The van der Waals surface area contributed by atoms with Gasteiger partial charge in [-0.15, -0.1) is 0 Å². The van der Waals surface area contributed by atoms with Crippen LogP contribution in [-0.2, 0) is 11.3 Å². The molecule has 10 heteroatoms. The molecule has 3 heterocycles. The van der Waals surface area contributed by atoms with Gasteiger partial charge in [-0.05, 0) is 30.3 Å². The van der Waals surface area contributed by atoms with Crippen LogP contribution in [0.25, 0.3) is 10.9 Å². The molecule has 2 aliphatic rings. The predicted octanol–water partition coefficient (Wildman–Crippen LogP) is 3.32. The fourth-order valence-electron chi connectivity index (χ4n) is 4.22. The summed E-state index contributed by atoms with van der Waals surface area (Å²) in [6.45, 7) is 5.21. The standard InChI is InChI=1S/C25H27ClN4O5/c26-19-2-1-3-20(14-19)27-25(32)30(5-4-29-6-8-33-9-7-29)16-18-12-17-13-22-23(35-11-10-34-22)15-21(17)28-24(18)31/h1-3,12-15H,4-11,16H2,(H,27,32)(H,28,31). The Morgan fingerprint density at radius 1 is 1.06 bits per heavy atom. The number of fused-ring (bicyclic) bond motifs is 2. The average molecular weight is 499 g/mol. The molecule has 0 spiro atoms. The maximum atomic E-state index is 13.2. The number of amides is 2. The summed E-state index contributed by atoms with van der Waals surface area (Å²) < 4.78 is 16.7. The second kappa shape index (κ2) is 10.6. The number of benzene rings is 2. The number of halogens is 1. The van der Waals surface area contributed by atoms with Crippen LogP contribution in [0.3, 0.4) is 0 Å². The molecule has 1 fully saturated rings. The number of hydrogen-bond acceptors (Lipinski definition) is 6. The van der Waals surface area contributed by atoms with E-state index in [2.05, 4.69) is 15.2 Å². The summed E-state index contributed by atoms with van der Waals surface area (Å²) in [6.07, 6.45) is 0. The zero-order valence-corrected chi connectivity index (χ0v) is 20.0. The fourth-order valence-corrected chi connectivity index (χ4v) is 4.41. The van der Waals surface area contributed by atoms with Crippen LogP contribution >= 0.6 is 11.6 Å². The minimum atomic E-state index is -0.304. The van der Waals surface area contributed by atoms with Gasteiger partial charge in [-0.2, -0.15) is 0 Å². The molecule has 2 aromatic carbocycles. The van der Waals surface area contributed by atoms with Gasteiger partial charge in [-0.25, -0.2) is 4.79 Å². The minimum absolute atomic E-state index is 0.149. The van der Waals surface area contributed by atoms with Crippen molar-refractivity contribution >= 4 is 34.2 Å². The topological polar surface area (TPSA) is 96.1 Å². The molecule has 5 rings (SSSR count). The van der Waals surface area contributed by atoms with E-state index in [0.717, 1.165) is 18.5 Å². The Balaban J connectivity index is 1.39. The van der Waals surface area contributed by atoms with E-state index in [1.165, 1.54) is 0 Å². The van der Waals surface area contributed by atoms with E-state index in [4.69, 9.17) is 25.8 Å². The minimum Gasteiger partial charge on any atom is -0.486 e. The Labute approximate surface area is 207 Å². The number of carbonyl (C=O) groups excluding carboxylic acids is 1. The van der Waals surface area contributed by atoms with Crippen LogP contribution in [0.5, 0.6) is 11.5 Å². The van der Waals surface area contributed by atoms with Gasteiger partial charge in [0.15, 0.2) is 11.5 Å². The van der Waals surface area contributed by atoms with Crippen molar-refractivity contribution in [2.24, 2.45) is 0 Å². The first-order valence-electron chi connectivity index (χ1n) is 11.6. The maximum Gasteiger partial charge on any atom is 0.322 e. The smallest absolute Gasteiger partial charge is 0.322 e. The summed E-state index contributed by atoms with van der Waals surface area (Å²) in [4.78, 5) is 33.0. The van der Waals surface area contributed by atoms with E-state index in [0.29, 0.717) is 72.8 Å². The summed E-state index contributed by atoms with van der Waals surface area (Å²) in [7, 11) is 0. The number of hydrogen-bond donors (Lipinski definition) is 2. The molecule has 2 amide bonds. The zero-order chi connectivity index (χ0) is 24.2. The summed E-state index contributed by atoms with van der Waals surface area (Å²) in [5.74, 6) is 1.25. The number of carbonyl (C=O) groups is 1. The highest BCUT2D eigenvalue weighted by Gasteiger charge is 2.20. The molecule has 184 valence electrons. The lowest BCUT2D eigenvalue weighted by Gasteiger charge is -2.30.